The van der Waals surface area contributed by atoms with Crippen LogP contribution < -0.4 is 5.32 Å². The number of anilines is 1. The zero-order chi connectivity index (χ0) is 24.7. The van der Waals surface area contributed by atoms with Crippen molar-refractivity contribution in [2.24, 2.45) is 0 Å². The number of nitriles is 1. The van der Waals surface area contributed by atoms with Crippen molar-refractivity contribution in [3.8, 4) is 11.8 Å². The highest BCUT2D eigenvalue weighted by atomic mass is 35.5. The van der Waals surface area contributed by atoms with Crippen molar-refractivity contribution in [2.75, 3.05) is 11.9 Å². The van der Waals surface area contributed by atoms with Gasteiger partial charge >= 0.3 is 6.18 Å². The Hall–Kier alpha value is -3.95. The van der Waals surface area contributed by atoms with E-state index in [9.17, 15) is 23.2 Å². The lowest BCUT2D eigenvalue weighted by Crippen LogP contribution is -2.21. The highest BCUT2D eigenvalue weighted by Gasteiger charge is 2.41. The van der Waals surface area contributed by atoms with E-state index in [0.29, 0.717) is 17.0 Å². The summed E-state index contributed by atoms with van der Waals surface area (Å²) in [5, 5.41) is 19.7. The summed E-state index contributed by atoms with van der Waals surface area (Å²) in [4.78, 5) is 17.1. The molecular formula is C22H15ClF3N7O2. The van der Waals surface area contributed by atoms with Gasteiger partial charge in [-0.3, -0.25) is 9.78 Å². The summed E-state index contributed by atoms with van der Waals surface area (Å²) >= 11 is 6.27. The van der Waals surface area contributed by atoms with Crippen molar-refractivity contribution in [1.29, 1.82) is 5.26 Å². The maximum atomic E-state index is 14.1. The fourth-order valence-corrected chi connectivity index (χ4v) is 4.27. The molecule has 0 radical (unpaired) electrons. The lowest BCUT2D eigenvalue weighted by Gasteiger charge is -2.14. The summed E-state index contributed by atoms with van der Waals surface area (Å²) in [5.74, 6) is -1.04. The van der Waals surface area contributed by atoms with Crippen LogP contribution in [0, 0.1) is 11.3 Å². The first-order chi connectivity index (χ1) is 16.8. The standard InChI is InChI=1S/C22H15ClF3N7O2/c23-15-8-12(10-28-19(15)18-2-1-7-35-18)31-21(34)14-11-30-33(20(14)22(24,25)26)16-4-3-13(9-27)32-17(16)5-6-29-32/h3-6,8,10-11,18H,1-2,7H2,(H,31,34). The molecule has 178 valence electrons. The minimum absolute atomic E-state index is 0.00139. The lowest BCUT2D eigenvalue weighted by atomic mass is 10.1. The third-order valence-electron chi connectivity index (χ3n) is 5.52. The van der Waals surface area contributed by atoms with Gasteiger partial charge in [-0.2, -0.15) is 28.6 Å². The Labute approximate surface area is 200 Å². The molecule has 1 unspecified atom stereocenters. The van der Waals surface area contributed by atoms with Crippen LogP contribution in [0.4, 0.5) is 18.9 Å². The minimum Gasteiger partial charge on any atom is -0.372 e. The number of carbonyl (C=O) groups excluding carboxylic acids is 1. The molecule has 5 heterocycles. The van der Waals surface area contributed by atoms with Crippen molar-refractivity contribution >= 4 is 28.7 Å². The fraction of sp³-hybridized carbons (Fsp3) is 0.227. The molecule has 1 amide bonds. The molecule has 0 saturated carbocycles. The van der Waals surface area contributed by atoms with Gasteiger partial charge in [-0.15, -0.1) is 0 Å². The number of pyridine rings is 2. The molecule has 1 saturated heterocycles. The van der Waals surface area contributed by atoms with Gasteiger partial charge in [0.2, 0.25) is 0 Å². The summed E-state index contributed by atoms with van der Waals surface area (Å²) in [6.45, 7) is 0.593. The molecule has 0 bridgehead atoms. The number of alkyl halides is 3. The second-order valence-corrected chi connectivity index (χ2v) is 8.11. The van der Waals surface area contributed by atoms with Crippen molar-refractivity contribution in [3.63, 3.8) is 0 Å². The zero-order valence-electron chi connectivity index (χ0n) is 17.8. The van der Waals surface area contributed by atoms with Crippen LogP contribution in [-0.4, -0.2) is 36.9 Å². The Morgan fingerprint density at radius 1 is 1.26 bits per heavy atom. The summed E-state index contributed by atoms with van der Waals surface area (Å²) < 4.78 is 49.7. The second kappa shape index (κ2) is 8.68. The third-order valence-corrected chi connectivity index (χ3v) is 5.82. The van der Waals surface area contributed by atoms with Crippen LogP contribution in [0.15, 0.2) is 42.9 Å². The van der Waals surface area contributed by atoms with Gasteiger partial charge in [0.05, 0.1) is 51.8 Å². The molecule has 1 aliphatic heterocycles. The smallest absolute Gasteiger partial charge is 0.372 e. The molecule has 5 rings (SSSR count). The van der Waals surface area contributed by atoms with Gasteiger partial charge < -0.3 is 10.1 Å². The van der Waals surface area contributed by atoms with Crippen molar-refractivity contribution < 1.29 is 22.7 Å². The zero-order valence-corrected chi connectivity index (χ0v) is 18.5. The van der Waals surface area contributed by atoms with E-state index in [1.165, 1.54) is 41.2 Å². The molecule has 1 aliphatic rings. The molecule has 0 aromatic carbocycles. The number of hydrogen-bond donors (Lipinski definition) is 1. The number of aromatic nitrogens is 5. The van der Waals surface area contributed by atoms with E-state index < -0.39 is 23.3 Å². The quantitative estimate of drug-likeness (QED) is 0.439. The Morgan fingerprint density at radius 3 is 2.77 bits per heavy atom. The highest BCUT2D eigenvalue weighted by Crippen LogP contribution is 2.36. The summed E-state index contributed by atoms with van der Waals surface area (Å²) in [5.41, 5.74) is -1.00. The summed E-state index contributed by atoms with van der Waals surface area (Å²) in [7, 11) is 0. The molecule has 9 nitrogen and oxygen atoms in total. The summed E-state index contributed by atoms with van der Waals surface area (Å²) in [6.07, 6.45) is -0.0549. The number of nitrogens with one attached hydrogen (secondary N) is 1. The lowest BCUT2D eigenvalue weighted by molar-refractivity contribution is -0.143. The number of ether oxygens (including phenoxy) is 1. The van der Waals surface area contributed by atoms with Crippen LogP contribution in [0.5, 0.6) is 0 Å². The normalized spacial score (nSPS) is 15.9. The van der Waals surface area contributed by atoms with Crippen LogP contribution in [0.3, 0.4) is 0 Å². The Balaban J connectivity index is 1.51. The number of halogens is 4. The first-order valence-electron chi connectivity index (χ1n) is 10.4. The van der Waals surface area contributed by atoms with Crippen LogP contribution in [0.1, 0.15) is 46.4 Å². The van der Waals surface area contributed by atoms with E-state index in [4.69, 9.17) is 16.3 Å². The number of carbonyl (C=O) groups is 1. The average molecular weight is 502 g/mol. The first-order valence-corrected chi connectivity index (χ1v) is 10.8. The number of amides is 1. The number of nitrogens with zero attached hydrogens (tertiary/aromatic N) is 6. The SMILES string of the molecule is N#Cc1ccc(-n2ncc(C(=O)Nc3cnc(C4CCCO4)c(Cl)c3)c2C(F)(F)F)c2ccnn12. The van der Waals surface area contributed by atoms with Crippen molar-refractivity contribution in [1.82, 2.24) is 24.4 Å². The van der Waals surface area contributed by atoms with Gasteiger partial charge in [-0.1, -0.05) is 11.6 Å². The molecule has 4 aromatic rings. The third kappa shape index (κ3) is 4.09. The highest BCUT2D eigenvalue weighted by molar-refractivity contribution is 6.31. The fourth-order valence-electron chi connectivity index (χ4n) is 3.98. The van der Waals surface area contributed by atoms with Crippen LogP contribution in [0.2, 0.25) is 5.02 Å². The molecule has 13 heteroatoms. The van der Waals surface area contributed by atoms with Crippen LogP contribution in [-0.2, 0) is 10.9 Å². The van der Waals surface area contributed by atoms with E-state index in [-0.39, 0.29) is 33.7 Å². The van der Waals surface area contributed by atoms with Gasteiger partial charge in [0.1, 0.15) is 17.9 Å². The largest absolute Gasteiger partial charge is 0.434 e. The molecule has 0 aliphatic carbocycles. The van der Waals surface area contributed by atoms with E-state index in [1.807, 2.05) is 6.07 Å². The molecule has 4 aromatic heterocycles. The first kappa shape index (κ1) is 22.8. The Kier molecular flexibility index (Phi) is 5.66. The molecule has 0 spiro atoms. The number of hydrogen-bond acceptors (Lipinski definition) is 6. The topological polar surface area (TPSA) is 110 Å². The number of fused-ring (bicyclic) bond motifs is 1. The Bertz CT molecular complexity index is 1480. The molecule has 1 N–H and O–H groups in total. The van der Waals surface area contributed by atoms with Crippen molar-refractivity contribution in [2.45, 2.75) is 25.1 Å². The molecular weight excluding hydrogens is 487 g/mol. The van der Waals surface area contributed by atoms with E-state index >= 15 is 0 Å². The molecule has 1 atom stereocenters. The number of rotatable bonds is 4. The van der Waals surface area contributed by atoms with Gasteiger partial charge in [0.25, 0.3) is 5.91 Å². The van der Waals surface area contributed by atoms with E-state index in [2.05, 4.69) is 20.5 Å². The monoisotopic (exact) mass is 501 g/mol. The Morgan fingerprint density at radius 2 is 2.09 bits per heavy atom. The molecule has 35 heavy (non-hydrogen) atoms. The van der Waals surface area contributed by atoms with E-state index in [1.54, 1.807) is 0 Å². The second-order valence-electron chi connectivity index (χ2n) is 7.71. The van der Waals surface area contributed by atoms with Crippen LogP contribution in [0.25, 0.3) is 11.2 Å². The van der Waals surface area contributed by atoms with Gasteiger partial charge in [-0.25, -0.2) is 9.20 Å². The predicted octanol–water partition coefficient (Wildman–Crippen LogP) is 4.56. The average Bonchev–Trinajstić information content (AvgIpc) is 3.58. The van der Waals surface area contributed by atoms with Gasteiger partial charge in [0.15, 0.2) is 5.69 Å². The van der Waals surface area contributed by atoms with Crippen molar-refractivity contribution in [3.05, 3.63) is 70.5 Å². The maximum Gasteiger partial charge on any atom is 0.434 e. The van der Waals surface area contributed by atoms with Gasteiger partial charge in [-0.05, 0) is 37.1 Å². The van der Waals surface area contributed by atoms with Crippen LogP contribution >= 0.6 is 11.6 Å². The van der Waals surface area contributed by atoms with Gasteiger partial charge in [0, 0.05) is 6.61 Å². The van der Waals surface area contributed by atoms with E-state index in [0.717, 1.165) is 19.0 Å². The summed E-state index contributed by atoms with van der Waals surface area (Å²) in [6, 6.07) is 7.41. The minimum atomic E-state index is -4.92. The predicted molar refractivity (Wildman–Crippen MR) is 117 cm³/mol. The molecule has 1 fully saturated rings. The maximum absolute atomic E-state index is 14.1.